The zero-order chi connectivity index (χ0) is 19.3. The number of anilines is 3. The number of nitrogens with zero attached hydrogens (tertiary/aromatic N) is 5. The first-order valence-electron chi connectivity index (χ1n) is 7.91. The standard InChI is InChI=1S/C17H24N6OS2/c1-21(2)15-11-14(16(20-19-15)22(3)4)26-13-9-7-12(8-10-13)18-17(25)23(5)24-6/h7-11H,1-6H3,(H,18,25). The number of aromatic nitrogens is 2. The lowest BCUT2D eigenvalue weighted by Gasteiger charge is -2.19. The van der Waals surface area contributed by atoms with E-state index in [9.17, 15) is 0 Å². The zero-order valence-corrected chi connectivity index (χ0v) is 17.5. The lowest BCUT2D eigenvalue weighted by Crippen LogP contribution is -2.29. The number of hydroxylamine groups is 2. The van der Waals surface area contributed by atoms with E-state index in [-0.39, 0.29) is 0 Å². The van der Waals surface area contributed by atoms with Crippen molar-refractivity contribution >= 4 is 46.4 Å². The molecule has 0 saturated carbocycles. The molecule has 26 heavy (non-hydrogen) atoms. The van der Waals surface area contributed by atoms with Gasteiger partial charge >= 0.3 is 0 Å². The molecule has 140 valence electrons. The molecule has 2 aromatic rings. The monoisotopic (exact) mass is 392 g/mol. The first kappa shape index (κ1) is 20.2. The first-order valence-corrected chi connectivity index (χ1v) is 9.13. The van der Waals surface area contributed by atoms with E-state index < -0.39 is 0 Å². The van der Waals surface area contributed by atoms with Crippen LogP contribution in [0.3, 0.4) is 0 Å². The molecule has 1 aromatic carbocycles. The van der Waals surface area contributed by atoms with E-state index >= 15 is 0 Å². The second-order valence-corrected chi connectivity index (χ2v) is 7.42. The van der Waals surface area contributed by atoms with Crippen LogP contribution in [-0.2, 0) is 4.84 Å². The molecule has 1 heterocycles. The molecule has 0 aliphatic rings. The van der Waals surface area contributed by atoms with E-state index in [0.717, 1.165) is 27.1 Å². The van der Waals surface area contributed by atoms with E-state index in [1.54, 1.807) is 25.9 Å². The molecule has 7 nitrogen and oxygen atoms in total. The number of thiocarbonyl (C=S) groups is 1. The van der Waals surface area contributed by atoms with Crippen LogP contribution in [0.2, 0.25) is 0 Å². The van der Waals surface area contributed by atoms with Gasteiger partial charge in [-0.25, -0.2) is 5.06 Å². The number of nitrogens with one attached hydrogen (secondary N) is 1. The van der Waals surface area contributed by atoms with Gasteiger partial charge < -0.3 is 15.1 Å². The molecule has 9 heteroatoms. The molecule has 1 aromatic heterocycles. The van der Waals surface area contributed by atoms with Gasteiger partial charge in [0.1, 0.15) is 0 Å². The van der Waals surface area contributed by atoms with E-state index in [1.165, 1.54) is 5.06 Å². The summed E-state index contributed by atoms with van der Waals surface area (Å²) in [5.41, 5.74) is 0.901. The molecule has 0 spiro atoms. The third-order valence-electron chi connectivity index (χ3n) is 3.50. The van der Waals surface area contributed by atoms with Gasteiger partial charge in [0.25, 0.3) is 0 Å². The van der Waals surface area contributed by atoms with Crippen LogP contribution >= 0.6 is 24.0 Å². The fraction of sp³-hybridized carbons (Fsp3) is 0.353. The predicted octanol–water partition coefficient (Wildman–Crippen LogP) is 2.95. The van der Waals surface area contributed by atoms with Gasteiger partial charge in [-0.1, -0.05) is 11.8 Å². The summed E-state index contributed by atoms with van der Waals surface area (Å²) in [5, 5.41) is 13.7. The third kappa shape index (κ3) is 5.20. The van der Waals surface area contributed by atoms with E-state index in [0.29, 0.717) is 5.11 Å². The predicted molar refractivity (Wildman–Crippen MR) is 112 cm³/mol. The summed E-state index contributed by atoms with van der Waals surface area (Å²) in [4.78, 5) is 11.1. The normalized spacial score (nSPS) is 10.4. The van der Waals surface area contributed by atoms with Crippen molar-refractivity contribution in [3.63, 3.8) is 0 Å². The fourth-order valence-corrected chi connectivity index (χ4v) is 3.18. The van der Waals surface area contributed by atoms with Crippen molar-refractivity contribution in [3.05, 3.63) is 30.3 Å². The summed E-state index contributed by atoms with van der Waals surface area (Å²) >= 11 is 6.89. The van der Waals surface area contributed by atoms with Gasteiger partial charge in [0, 0.05) is 51.9 Å². The minimum Gasteiger partial charge on any atom is -0.361 e. The second kappa shape index (κ2) is 9.02. The molecule has 0 unspecified atom stereocenters. The average molecular weight is 393 g/mol. The number of rotatable bonds is 6. The molecule has 0 fully saturated rings. The smallest absolute Gasteiger partial charge is 0.197 e. The van der Waals surface area contributed by atoms with Gasteiger partial charge in [-0.3, -0.25) is 4.84 Å². The maximum absolute atomic E-state index is 5.24. The maximum atomic E-state index is 5.24. The quantitative estimate of drug-likeness (QED) is 0.590. The molecular weight excluding hydrogens is 368 g/mol. The Morgan fingerprint density at radius 1 is 1.04 bits per heavy atom. The third-order valence-corrected chi connectivity index (χ3v) is 4.89. The minimum absolute atomic E-state index is 0.497. The van der Waals surface area contributed by atoms with Crippen LogP contribution in [-0.4, -0.2) is 62.7 Å². The Balaban J connectivity index is 2.18. The van der Waals surface area contributed by atoms with Crippen molar-refractivity contribution in [3.8, 4) is 0 Å². The summed E-state index contributed by atoms with van der Waals surface area (Å²) in [6.07, 6.45) is 0. The van der Waals surface area contributed by atoms with Crippen LogP contribution in [0.25, 0.3) is 0 Å². The fourth-order valence-electron chi connectivity index (χ4n) is 1.98. The van der Waals surface area contributed by atoms with Gasteiger partial charge in [0.2, 0.25) is 0 Å². The first-order chi connectivity index (χ1) is 12.3. The Morgan fingerprint density at radius 2 is 1.69 bits per heavy atom. The second-order valence-electron chi connectivity index (χ2n) is 5.92. The molecule has 0 amide bonds. The average Bonchev–Trinajstić information content (AvgIpc) is 2.62. The lowest BCUT2D eigenvalue weighted by molar-refractivity contribution is -0.0391. The highest BCUT2D eigenvalue weighted by Gasteiger charge is 2.12. The Labute approximate surface area is 164 Å². The van der Waals surface area contributed by atoms with Crippen LogP contribution < -0.4 is 15.1 Å². The summed E-state index contributed by atoms with van der Waals surface area (Å²) in [5.74, 6) is 1.66. The Morgan fingerprint density at radius 3 is 2.23 bits per heavy atom. The van der Waals surface area contributed by atoms with Crippen molar-refractivity contribution < 1.29 is 4.84 Å². The van der Waals surface area contributed by atoms with Crippen molar-refractivity contribution in [1.29, 1.82) is 0 Å². The topological polar surface area (TPSA) is 56.8 Å². The molecule has 0 radical (unpaired) electrons. The van der Waals surface area contributed by atoms with Gasteiger partial charge in [-0.15, -0.1) is 10.2 Å². The van der Waals surface area contributed by atoms with Crippen LogP contribution in [0.5, 0.6) is 0 Å². The van der Waals surface area contributed by atoms with Crippen molar-refractivity contribution in [2.24, 2.45) is 0 Å². The van der Waals surface area contributed by atoms with Crippen molar-refractivity contribution in [2.45, 2.75) is 9.79 Å². The Hall–Kier alpha value is -2.10. The van der Waals surface area contributed by atoms with Crippen LogP contribution in [0.1, 0.15) is 0 Å². The minimum atomic E-state index is 0.497. The van der Waals surface area contributed by atoms with E-state index in [4.69, 9.17) is 17.1 Å². The van der Waals surface area contributed by atoms with Gasteiger partial charge in [-0.05, 0) is 36.5 Å². The lowest BCUT2D eigenvalue weighted by atomic mass is 10.3. The summed E-state index contributed by atoms with van der Waals surface area (Å²) < 4.78 is 0. The zero-order valence-electron chi connectivity index (χ0n) is 15.8. The SMILES string of the molecule is CON(C)C(=S)Nc1ccc(Sc2cc(N(C)C)nnc2N(C)C)cc1. The molecule has 2 rings (SSSR count). The maximum Gasteiger partial charge on any atom is 0.197 e. The molecular formula is C17H24N6OS2. The largest absolute Gasteiger partial charge is 0.361 e. The number of benzene rings is 1. The van der Waals surface area contributed by atoms with Crippen molar-refractivity contribution in [1.82, 2.24) is 15.3 Å². The van der Waals surface area contributed by atoms with E-state index in [1.807, 2.05) is 68.3 Å². The molecule has 0 bridgehead atoms. The molecule has 0 saturated heterocycles. The van der Waals surface area contributed by atoms with Crippen LogP contribution in [0, 0.1) is 0 Å². The summed E-state index contributed by atoms with van der Waals surface area (Å²) in [6.45, 7) is 0. The molecule has 1 N–H and O–H groups in total. The van der Waals surface area contributed by atoms with E-state index in [2.05, 4.69) is 15.5 Å². The highest BCUT2D eigenvalue weighted by atomic mass is 32.2. The van der Waals surface area contributed by atoms with Gasteiger partial charge in [0.15, 0.2) is 16.7 Å². The number of hydrogen-bond acceptors (Lipinski definition) is 7. The Bertz CT molecular complexity index is 751. The highest BCUT2D eigenvalue weighted by Crippen LogP contribution is 2.35. The summed E-state index contributed by atoms with van der Waals surface area (Å²) in [6, 6.07) is 10.1. The molecule has 0 aliphatic heterocycles. The van der Waals surface area contributed by atoms with Crippen LogP contribution in [0.15, 0.2) is 40.1 Å². The van der Waals surface area contributed by atoms with Crippen LogP contribution in [0.4, 0.5) is 17.3 Å². The number of hydrogen-bond donors (Lipinski definition) is 1. The van der Waals surface area contributed by atoms with Crippen molar-refractivity contribution in [2.75, 3.05) is 57.5 Å². The Kier molecular flexibility index (Phi) is 7.01. The van der Waals surface area contributed by atoms with Gasteiger partial charge in [0.05, 0.1) is 12.0 Å². The highest BCUT2D eigenvalue weighted by molar-refractivity contribution is 7.99. The molecule has 0 aliphatic carbocycles. The summed E-state index contributed by atoms with van der Waals surface area (Å²) in [7, 11) is 11.2. The molecule has 0 atom stereocenters. The van der Waals surface area contributed by atoms with Gasteiger partial charge in [-0.2, -0.15) is 0 Å².